The van der Waals surface area contributed by atoms with E-state index in [2.05, 4.69) is 20.3 Å². The molecule has 0 spiro atoms. The molecular weight excluding hydrogens is 237 g/mol. The maximum atomic E-state index is 13.5. The molecule has 0 bridgehead atoms. The number of nitrogens with zero attached hydrogens (tertiary/aromatic N) is 3. The third-order valence-corrected chi connectivity index (χ3v) is 2.37. The van der Waals surface area contributed by atoms with Crippen LogP contribution in [0.2, 0.25) is 0 Å². The van der Waals surface area contributed by atoms with Crippen LogP contribution in [0.4, 0.5) is 10.2 Å². The molecule has 3 rings (SSSR count). The van der Waals surface area contributed by atoms with Gasteiger partial charge in [0.15, 0.2) is 0 Å². The van der Waals surface area contributed by atoms with Crippen molar-refractivity contribution in [3.05, 3.63) is 36.1 Å². The predicted molar refractivity (Wildman–Crippen MR) is 61.7 cm³/mol. The fourth-order valence-electron chi connectivity index (χ4n) is 1.53. The van der Waals surface area contributed by atoms with Crippen LogP contribution in [-0.4, -0.2) is 20.3 Å². The molecule has 0 aliphatic heterocycles. The van der Waals surface area contributed by atoms with E-state index in [0.717, 1.165) is 0 Å². The molecule has 0 fully saturated rings. The Morgan fingerprint density at radius 3 is 2.83 bits per heavy atom. The van der Waals surface area contributed by atoms with Gasteiger partial charge in [0, 0.05) is 6.07 Å². The molecule has 0 aliphatic rings. The fraction of sp³-hybridized carbons (Fsp3) is 0. The second-order valence-electron chi connectivity index (χ2n) is 3.61. The maximum absolute atomic E-state index is 13.5. The smallest absolute Gasteiger partial charge is 0.276 e. The average molecular weight is 245 g/mol. The Balaban J connectivity index is 2.02. The van der Waals surface area contributed by atoms with E-state index in [1.807, 2.05) is 0 Å². The van der Waals surface area contributed by atoms with Crippen LogP contribution in [0.15, 0.2) is 34.9 Å². The summed E-state index contributed by atoms with van der Waals surface area (Å²) in [5.74, 6) is 0.290. The van der Waals surface area contributed by atoms with Gasteiger partial charge in [0.25, 0.3) is 5.89 Å². The summed E-state index contributed by atoms with van der Waals surface area (Å²) in [5, 5.41) is 10.1. The summed E-state index contributed by atoms with van der Waals surface area (Å²) >= 11 is 0. The van der Waals surface area contributed by atoms with Gasteiger partial charge < -0.3 is 10.3 Å². The molecule has 6 nitrogen and oxygen atoms in total. The number of halogens is 1. The molecule has 2 heterocycles. The number of nitrogen functional groups attached to an aromatic ring is 1. The van der Waals surface area contributed by atoms with Crippen molar-refractivity contribution < 1.29 is 8.91 Å². The fourth-order valence-corrected chi connectivity index (χ4v) is 1.53. The molecule has 0 amide bonds. The topological polar surface area (TPSA) is 93.6 Å². The molecule has 0 aliphatic carbocycles. The minimum atomic E-state index is -0.408. The van der Waals surface area contributed by atoms with E-state index < -0.39 is 5.82 Å². The zero-order valence-electron chi connectivity index (χ0n) is 9.09. The Kier molecular flexibility index (Phi) is 2.30. The van der Waals surface area contributed by atoms with Gasteiger partial charge in [-0.25, -0.2) is 4.39 Å². The van der Waals surface area contributed by atoms with E-state index in [4.69, 9.17) is 10.3 Å². The summed E-state index contributed by atoms with van der Waals surface area (Å²) in [6.07, 6.45) is 0. The first-order chi connectivity index (χ1) is 8.74. The average Bonchev–Trinajstić information content (AvgIpc) is 2.98. The van der Waals surface area contributed by atoms with Gasteiger partial charge in [0.2, 0.25) is 5.82 Å². The van der Waals surface area contributed by atoms with Gasteiger partial charge in [-0.3, -0.25) is 5.10 Å². The van der Waals surface area contributed by atoms with Crippen LogP contribution < -0.4 is 5.73 Å². The van der Waals surface area contributed by atoms with Gasteiger partial charge in [-0.15, -0.1) is 0 Å². The molecule has 0 radical (unpaired) electrons. The van der Waals surface area contributed by atoms with E-state index in [-0.39, 0.29) is 17.3 Å². The minimum absolute atomic E-state index is 0.177. The number of H-pyrrole nitrogens is 1. The molecule has 0 atom stereocenters. The van der Waals surface area contributed by atoms with Crippen LogP contribution in [0.25, 0.3) is 23.0 Å². The Bertz CT molecular complexity index is 690. The number of hydrogen-bond acceptors (Lipinski definition) is 5. The molecular formula is C11H8FN5O. The summed E-state index contributed by atoms with van der Waals surface area (Å²) in [6.45, 7) is 0. The lowest BCUT2D eigenvalue weighted by molar-refractivity contribution is 0.430. The number of aromatic nitrogens is 4. The monoisotopic (exact) mass is 245 g/mol. The van der Waals surface area contributed by atoms with Crippen molar-refractivity contribution in [2.75, 3.05) is 5.73 Å². The summed E-state index contributed by atoms with van der Waals surface area (Å²) in [6, 6.07) is 7.75. The summed E-state index contributed by atoms with van der Waals surface area (Å²) < 4.78 is 18.5. The number of hydrogen-bond donors (Lipinski definition) is 2. The number of nitrogens with one attached hydrogen (secondary N) is 1. The first-order valence-electron chi connectivity index (χ1n) is 5.14. The quantitative estimate of drug-likeness (QED) is 0.718. The minimum Gasteiger partial charge on any atom is -0.382 e. The lowest BCUT2D eigenvalue weighted by Crippen LogP contribution is -1.85. The molecule has 18 heavy (non-hydrogen) atoms. The van der Waals surface area contributed by atoms with Gasteiger partial charge >= 0.3 is 0 Å². The number of rotatable bonds is 2. The maximum Gasteiger partial charge on any atom is 0.276 e. The predicted octanol–water partition coefficient (Wildman–Crippen LogP) is 1.85. The standard InChI is InChI=1S/C11H8FN5O/c12-7-4-2-1-3-6(7)10-14-11(18-17-10)8-5-9(13)16-15-8/h1-5H,(H3,13,15,16). The van der Waals surface area contributed by atoms with E-state index in [0.29, 0.717) is 11.5 Å². The normalized spacial score (nSPS) is 10.7. The van der Waals surface area contributed by atoms with Crippen molar-refractivity contribution in [1.29, 1.82) is 0 Å². The summed E-state index contributed by atoms with van der Waals surface area (Å²) in [4.78, 5) is 4.08. The highest BCUT2D eigenvalue weighted by atomic mass is 19.1. The van der Waals surface area contributed by atoms with Gasteiger partial charge in [-0.05, 0) is 12.1 Å². The summed E-state index contributed by atoms with van der Waals surface area (Å²) in [7, 11) is 0. The van der Waals surface area contributed by atoms with Crippen molar-refractivity contribution in [2.24, 2.45) is 0 Å². The lowest BCUT2D eigenvalue weighted by atomic mass is 10.2. The highest BCUT2D eigenvalue weighted by molar-refractivity contribution is 5.59. The molecule has 0 saturated carbocycles. The number of aromatic amines is 1. The lowest BCUT2D eigenvalue weighted by Gasteiger charge is -1.94. The van der Waals surface area contributed by atoms with Crippen LogP contribution in [0.3, 0.4) is 0 Å². The third kappa shape index (κ3) is 1.71. The summed E-state index contributed by atoms with van der Waals surface area (Å²) in [5.41, 5.74) is 6.23. The molecule has 3 N–H and O–H groups in total. The van der Waals surface area contributed by atoms with Crippen LogP contribution >= 0.6 is 0 Å². The third-order valence-electron chi connectivity index (χ3n) is 2.37. The molecule has 2 aromatic heterocycles. The molecule has 0 unspecified atom stereocenters. The Hall–Kier alpha value is -2.70. The second kappa shape index (κ2) is 3.95. The first-order valence-corrected chi connectivity index (χ1v) is 5.14. The molecule has 7 heteroatoms. The van der Waals surface area contributed by atoms with Crippen molar-refractivity contribution in [3.8, 4) is 23.0 Å². The number of benzene rings is 1. The highest BCUT2D eigenvalue weighted by Gasteiger charge is 2.14. The van der Waals surface area contributed by atoms with Gasteiger partial charge in [-0.2, -0.15) is 10.1 Å². The van der Waals surface area contributed by atoms with Crippen LogP contribution in [0, 0.1) is 5.82 Å². The van der Waals surface area contributed by atoms with E-state index in [1.54, 1.807) is 24.3 Å². The molecule has 3 aromatic rings. The zero-order chi connectivity index (χ0) is 12.5. The van der Waals surface area contributed by atoms with Crippen molar-refractivity contribution in [3.63, 3.8) is 0 Å². The first kappa shape index (κ1) is 10.5. The van der Waals surface area contributed by atoms with Crippen molar-refractivity contribution >= 4 is 5.82 Å². The van der Waals surface area contributed by atoms with E-state index >= 15 is 0 Å². The largest absolute Gasteiger partial charge is 0.382 e. The van der Waals surface area contributed by atoms with Crippen LogP contribution in [0.1, 0.15) is 0 Å². The molecule has 1 aromatic carbocycles. The Labute approximate surface area is 101 Å². The Morgan fingerprint density at radius 1 is 1.28 bits per heavy atom. The van der Waals surface area contributed by atoms with Gasteiger partial charge in [-0.1, -0.05) is 17.3 Å². The van der Waals surface area contributed by atoms with Crippen molar-refractivity contribution in [1.82, 2.24) is 20.3 Å². The second-order valence-corrected chi connectivity index (χ2v) is 3.61. The Morgan fingerprint density at radius 2 is 2.11 bits per heavy atom. The van der Waals surface area contributed by atoms with Crippen molar-refractivity contribution in [2.45, 2.75) is 0 Å². The van der Waals surface area contributed by atoms with Gasteiger partial charge in [0.1, 0.15) is 17.3 Å². The SMILES string of the molecule is Nc1cc(-c2nc(-c3ccccc3F)no2)[nH]n1. The number of anilines is 1. The van der Waals surface area contributed by atoms with Gasteiger partial charge in [0.05, 0.1) is 5.56 Å². The zero-order valence-corrected chi connectivity index (χ0v) is 9.09. The number of nitrogens with two attached hydrogens (primary N) is 1. The molecule has 90 valence electrons. The van der Waals surface area contributed by atoms with E-state index in [1.165, 1.54) is 6.07 Å². The highest BCUT2D eigenvalue weighted by Crippen LogP contribution is 2.23. The molecule has 0 saturated heterocycles. The van der Waals surface area contributed by atoms with Crippen LogP contribution in [-0.2, 0) is 0 Å². The van der Waals surface area contributed by atoms with E-state index in [9.17, 15) is 4.39 Å². The van der Waals surface area contributed by atoms with Crippen LogP contribution in [0.5, 0.6) is 0 Å².